The number of piperidine rings is 1. The number of nitrogens with one attached hydrogen (secondary N) is 3. The van der Waals surface area contributed by atoms with Gasteiger partial charge in [-0.05, 0) is 48.0 Å². The highest BCUT2D eigenvalue weighted by molar-refractivity contribution is 5.69. The first-order chi connectivity index (χ1) is 9.94. The van der Waals surface area contributed by atoms with Crippen LogP contribution in [0.2, 0.25) is 0 Å². The largest absolute Gasteiger partial charge is 0.444 e. The highest BCUT2D eigenvalue weighted by Crippen LogP contribution is 2.10. The van der Waals surface area contributed by atoms with Crippen LogP contribution in [-0.4, -0.2) is 48.6 Å². The molecule has 0 saturated carbocycles. The lowest BCUT2D eigenvalue weighted by Crippen LogP contribution is -2.56. The molecule has 22 heavy (non-hydrogen) atoms. The van der Waals surface area contributed by atoms with Crippen molar-refractivity contribution >= 4 is 12.2 Å². The molecule has 1 aliphatic heterocycles. The molecule has 1 aliphatic rings. The molecule has 0 aromatic heterocycles. The Hall–Kier alpha value is -1.50. The van der Waals surface area contributed by atoms with E-state index in [0.717, 1.165) is 0 Å². The van der Waals surface area contributed by atoms with Crippen LogP contribution in [0.4, 0.5) is 9.59 Å². The van der Waals surface area contributed by atoms with Crippen LogP contribution in [-0.2, 0) is 9.47 Å². The van der Waals surface area contributed by atoms with Crippen LogP contribution in [0.25, 0.3) is 0 Å². The first-order valence-electron chi connectivity index (χ1n) is 7.64. The minimum atomic E-state index is -0.527. The SMILES string of the molecule is CC(C)(C)OC(=O)NC1CNCC(NC(=O)OC(C)(C)C)C1. The third-order valence-corrected chi connectivity index (χ3v) is 2.79. The molecule has 1 saturated heterocycles. The maximum atomic E-state index is 11.8. The zero-order valence-electron chi connectivity index (χ0n) is 14.4. The van der Waals surface area contributed by atoms with E-state index in [0.29, 0.717) is 19.5 Å². The standard InChI is InChI=1S/C15H29N3O4/c1-14(2,3)21-12(19)17-10-7-11(9-16-8-10)18-13(20)22-15(4,5)6/h10-11,16H,7-9H2,1-6H3,(H,17,19)(H,18,20). The van der Waals surface area contributed by atoms with E-state index in [-0.39, 0.29) is 12.1 Å². The van der Waals surface area contributed by atoms with Gasteiger partial charge in [-0.15, -0.1) is 0 Å². The number of carbonyl (C=O) groups excluding carboxylic acids is 2. The van der Waals surface area contributed by atoms with Gasteiger partial charge in [0.1, 0.15) is 11.2 Å². The van der Waals surface area contributed by atoms with Gasteiger partial charge in [-0.25, -0.2) is 9.59 Å². The molecular formula is C15H29N3O4. The first kappa shape index (κ1) is 18.5. The van der Waals surface area contributed by atoms with E-state index in [1.54, 1.807) is 0 Å². The normalized spacial score (nSPS) is 22.6. The van der Waals surface area contributed by atoms with E-state index in [4.69, 9.17) is 9.47 Å². The molecule has 2 atom stereocenters. The molecule has 2 amide bonds. The van der Waals surface area contributed by atoms with Crippen LogP contribution in [0.3, 0.4) is 0 Å². The number of amides is 2. The summed E-state index contributed by atoms with van der Waals surface area (Å²) >= 11 is 0. The molecule has 1 rings (SSSR count). The van der Waals surface area contributed by atoms with Crippen molar-refractivity contribution in [2.24, 2.45) is 0 Å². The predicted octanol–water partition coefficient (Wildman–Crippen LogP) is 1.77. The van der Waals surface area contributed by atoms with Gasteiger partial charge in [0, 0.05) is 25.2 Å². The lowest BCUT2D eigenvalue weighted by atomic mass is 10.0. The lowest BCUT2D eigenvalue weighted by molar-refractivity contribution is 0.0469. The fraction of sp³-hybridized carbons (Fsp3) is 0.867. The molecule has 2 unspecified atom stereocenters. The van der Waals surface area contributed by atoms with Crippen molar-refractivity contribution in [1.29, 1.82) is 0 Å². The number of ether oxygens (including phenoxy) is 2. The zero-order chi connectivity index (χ0) is 17.0. The van der Waals surface area contributed by atoms with Gasteiger partial charge in [0.15, 0.2) is 0 Å². The second-order valence-corrected chi connectivity index (χ2v) is 7.58. The fourth-order valence-corrected chi connectivity index (χ4v) is 2.11. The Bertz CT molecular complexity index is 363. The molecule has 7 heteroatoms. The molecule has 0 radical (unpaired) electrons. The summed E-state index contributed by atoms with van der Waals surface area (Å²) in [5.74, 6) is 0. The number of hydrogen-bond donors (Lipinski definition) is 3. The monoisotopic (exact) mass is 315 g/mol. The molecule has 0 aromatic carbocycles. The van der Waals surface area contributed by atoms with Crippen LogP contribution in [0, 0.1) is 0 Å². The number of hydrogen-bond acceptors (Lipinski definition) is 5. The van der Waals surface area contributed by atoms with Crippen molar-refractivity contribution < 1.29 is 19.1 Å². The Morgan fingerprint density at radius 1 is 0.864 bits per heavy atom. The van der Waals surface area contributed by atoms with Gasteiger partial charge in [-0.3, -0.25) is 0 Å². The van der Waals surface area contributed by atoms with E-state index >= 15 is 0 Å². The molecular weight excluding hydrogens is 286 g/mol. The van der Waals surface area contributed by atoms with Crippen molar-refractivity contribution in [3.8, 4) is 0 Å². The summed E-state index contributed by atoms with van der Waals surface area (Å²) in [5, 5.41) is 8.80. The van der Waals surface area contributed by atoms with Gasteiger partial charge in [-0.2, -0.15) is 0 Å². The van der Waals surface area contributed by atoms with Crippen molar-refractivity contribution in [3.63, 3.8) is 0 Å². The van der Waals surface area contributed by atoms with E-state index in [1.165, 1.54) is 0 Å². The highest BCUT2D eigenvalue weighted by atomic mass is 16.6. The number of rotatable bonds is 2. The van der Waals surface area contributed by atoms with Crippen molar-refractivity contribution in [1.82, 2.24) is 16.0 Å². The Kier molecular flexibility index (Phi) is 6.05. The summed E-state index contributed by atoms with van der Waals surface area (Å²) in [6.45, 7) is 12.2. The predicted molar refractivity (Wildman–Crippen MR) is 83.8 cm³/mol. The van der Waals surface area contributed by atoms with Crippen LogP contribution in [0.5, 0.6) is 0 Å². The van der Waals surface area contributed by atoms with Crippen LogP contribution in [0.1, 0.15) is 48.0 Å². The molecule has 7 nitrogen and oxygen atoms in total. The molecule has 128 valence electrons. The molecule has 0 bridgehead atoms. The van der Waals surface area contributed by atoms with Crippen LogP contribution < -0.4 is 16.0 Å². The molecule has 0 aliphatic carbocycles. The second kappa shape index (κ2) is 7.17. The highest BCUT2D eigenvalue weighted by Gasteiger charge is 2.27. The Labute approximate surface area is 132 Å². The lowest BCUT2D eigenvalue weighted by Gasteiger charge is -2.32. The minimum Gasteiger partial charge on any atom is -0.444 e. The average Bonchev–Trinajstić information content (AvgIpc) is 2.22. The molecule has 0 spiro atoms. The van der Waals surface area contributed by atoms with Crippen LogP contribution >= 0.6 is 0 Å². The van der Waals surface area contributed by atoms with E-state index in [9.17, 15) is 9.59 Å². The van der Waals surface area contributed by atoms with E-state index in [2.05, 4.69) is 16.0 Å². The van der Waals surface area contributed by atoms with Gasteiger partial charge in [0.2, 0.25) is 0 Å². The van der Waals surface area contributed by atoms with Crippen molar-refractivity contribution in [2.45, 2.75) is 71.2 Å². The van der Waals surface area contributed by atoms with E-state index < -0.39 is 23.4 Å². The Morgan fingerprint density at radius 3 is 1.55 bits per heavy atom. The van der Waals surface area contributed by atoms with E-state index in [1.807, 2.05) is 41.5 Å². The van der Waals surface area contributed by atoms with Crippen molar-refractivity contribution in [2.75, 3.05) is 13.1 Å². The Balaban J connectivity index is 2.41. The minimum absolute atomic E-state index is 0.0939. The van der Waals surface area contributed by atoms with Gasteiger partial charge in [0.25, 0.3) is 0 Å². The summed E-state index contributed by atoms with van der Waals surface area (Å²) in [6, 6.07) is -0.188. The average molecular weight is 315 g/mol. The molecule has 3 N–H and O–H groups in total. The zero-order valence-corrected chi connectivity index (χ0v) is 14.4. The fourth-order valence-electron chi connectivity index (χ4n) is 2.11. The quantitative estimate of drug-likeness (QED) is 0.722. The Morgan fingerprint density at radius 2 is 1.23 bits per heavy atom. The second-order valence-electron chi connectivity index (χ2n) is 7.58. The summed E-state index contributed by atoms with van der Waals surface area (Å²) in [7, 11) is 0. The maximum absolute atomic E-state index is 11.8. The number of carbonyl (C=O) groups is 2. The first-order valence-corrected chi connectivity index (χ1v) is 7.64. The molecule has 1 fully saturated rings. The smallest absolute Gasteiger partial charge is 0.407 e. The van der Waals surface area contributed by atoms with Gasteiger partial charge < -0.3 is 25.4 Å². The van der Waals surface area contributed by atoms with Gasteiger partial charge in [-0.1, -0.05) is 0 Å². The third-order valence-electron chi connectivity index (χ3n) is 2.79. The third kappa shape index (κ3) is 8.07. The van der Waals surface area contributed by atoms with Crippen LogP contribution in [0.15, 0.2) is 0 Å². The summed E-state index contributed by atoms with van der Waals surface area (Å²) in [6.07, 6.45) is -0.264. The molecule has 1 heterocycles. The summed E-state index contributed by atoms with van der Waals surface area (Å²) in [5.41, 5.74) is -1.05. The number of alkyl carbamates (subject to hydrolysis) is 2. The molecule has 0 aromatic rings. The van der Waals surface area contributed by atoms with Gasteiger partial charge >= 0.3 is 12.2 Å². The maximum Gasteiger partial charge on any atom is 0.407 e. The topological polar surface area (TPSA) is 88.7 Å². The van der Waals surface area contributed by atoms with Crippen molar-refractivity contribution in [3.05, 3.63) is 0 Å². The van der Waals surface area contributed by atoms with Gasteiger partial charge in [0.05, 0.1) is 0 Å². The summed E-state index contributed by atoms with van der Waals surface area (Å²) in [4.78, 5) is 23.5. The summed E-state index contributed by atoms with van der Waals surface area (Å²) < 4.78 is 10.5.